The van der Waals surface area contributed by atoms with E-state index in [9.17, 15) is 4.39 Å². The van der Waals surface area contributed by atoms with Crippen molar-refractivity contribution in [1.82, 2.24) is 0 Å². The molecule has 0 spiro atoms. The van der Waals surface area contributed by atoms with Crippen LogP contribution >= 0.6 is 15.9 Å². The van der Waals surface area contributed by atoms with Gasteiger partial charge in [0.15, 0.2) is 11.6 Å². The van der Waals surface area contributed by atoms with Crippen molar-refractivity contribution in [3.8, 4) is 11.5 Å². The van der Waals surface area contributed by atoms with Gasteiger partial charge in [-0.1, -0.05) is 15.9 Å². The molecule has 2 aliphatic rings. The average Bonchev–Trinajstić information content (AvgIpc) is 2.91. The highest BCUT2D eigenvalue weighted by Gasteiger charge is 2.51. The second kappa shape index (κ2) is 3.59. The fourth-order valence-corrected chi connectivity index (χ4v) is 3.27. The Bertz CT molecular complexity index is 486. The number of halogens is 2. The lowest BCUT2D eigenvalue weighted by atomic mass is 9.88. The number of ether oxygens (including phenoxy) is 2. The summed E-state index contributed by atoms with van der Waals surface area (Å²) in [5, 5.41) is 0. The van der Waals surface area contributed by atoms with Crippen molar-refractivity contribution < 1.29 is 13.9 Å². The van der Waals surface area contributed by atoms with E-state index >= 15 is 0 Å². The number of hydrogen-bond acceptors (Lipinski definition) is 3. The van der Waals surface area contributed by atoms with Gasteiger partial charge >= 0.3 is 0 Å². The molecule has 0 amide bonds. The van der Waals surface area contributed by atoms with Gasteiger partial charge in [-0.25, -0.2) is 4.39 Å². The van der Waals surface area contributed by atoms with E-state index in [0.717, 1.165) is 12.8 Å². The summed E-state index contributed by atoms with van der Waals surface area (Å²) in [7, 11) is 0. The summed E-state index contributed by atoms with van der Waals surface area (Å²) in [6.45, 7) is 2.00. The molecule has 0 bridgehead atoms. The maximum Gasteiger partial charge on any atom is 0.231 e. The Morgan fingerprint density at radius 3 is 2.76 bits per heavy atom. The smallest absolute Gasteiger partial charge is 0.231 e. The molecular weight excluding hydrogens is 289 g/mol. The molecule has 0 radical (unpaired) electrons. The van der Waals surface area contributed by atoms with Crippen LogP contribution in [0.3, 0.4) is 0 Å². The molecule has 0 aromatic heterocycles. The van der Waals surface area contributed by atoms with Gasteiger partial charge in [0.05, 0.1) is 0 Å². The summed E-state index contributed by atoms with van der Waals surface area (Å²) in [6, 6.07) is 1.69. The summed E-state index contributed by atoms with van der Waals surface area (Å²) in [5.41, 5.74) is 6.38. The normalized spacial score (nSPS) is 21.4. The summed E-state index contributed by atoms with van der Waals surface area (Å²) in [4.78, 5) is 0. The Balaban J connectivity index is 2.18. The van der Waals surface area contributed by atoms with Gasteiger partial charge in [0.1, 0.15) is 0 Å². The number of benzene rings is 1. The highest BCUT2D eigenvalue weighted by atomic mass is 79.9. The van der Waals surface area contributed by atoms with E-state index in [1.807, 2.05) is 6.92 Å². The minimum absolute atomic E-state index is 0.0753. The first-order valence-electron chi connectivity index (χ1n) is 5.60. The second-order valence-corrected chi connectivity index (χ2v) is 5.58. The molecule has 3 nitrogen and oxygen atoms in total. The highest BCUT2D eigenvalue weighted by Crippen LogP contribution is 2.56. The molecule has 3 rings (SSSR count). The number of rotatable bonds is 2. The van der Waals surface area contributed by atoms with E-state index in [1.54, 1.807) is 6.07 Å². The first kappa shape index (κ1) is 11.3. The van der Waals surface area contributed by atoms with Gasteiger partial charge in [-0.05, 0) is 25.8 Å². The molecule has 1 atom stereocenters. The van der Waals surface area contributed by atoms with Crippen LogP contribution in [0.25, 0.3) is 0 Å². The van der Waals surface area contributed by atoms with Crippen molar-refractivity contribution in [3.05, 3.63) is 21.9 Å². The predicted molar refractivity (Wildman–Crippen MR) is 64.8 cm³/mol. The zero-order valence-electron chi connectivity index (χ0n) is 9.43. The van der Waals surface area contributed by atoms with Gasteiger partial charge < -0.3 is 15.2 Å². The average molecular weight is 302 g/mol. The van der Waals surface area contributed by atoms with E-state index in [-0.39, 0.29) is 29.8 Å². The van der Waals surface area contributed by atoms with E-state index in [0.29, 0.717) is 15.8 Å². The van der Waals surface area contributed by atoms with Crippen molar-refractivity contribution in [2.24, 2.45) is 5.73 Å². The zero-order valence-corrected chi connectivity index (χ0v) is 11.0. The molecule has 1 unspecified atom stereocenters. The topological polar surface area (TPSA) is 44.5 Å². The van der Waals surface area contributed by atoms with Crippen molar-refractivity contribution >= 4 is 15.9 Å². The summed E-state index contributed by atoms with van der Waals surface area (Å²) < 4.78 is 25.5. The minimum Gasteiger partial charge on any atom is -0.453 e. The third-order valence-corrected chi connectivity index (χ3v) is 4.34. The van der Waals surface area contributed by atoms with Gasteiger partial charge in [0.2, 0.25) is 12.5 Å². The largest absolute Gasteiger partial charge is 0.453 e. The number of nitrogens with two attached hydrogens (primary N) is 1. The Morgan fingerprint density at radius 2 is 2.18 bits per heavy atom. The van der Waals surface area contributed by atoms with E-state index in [4.69, 9.17) is 15.2 Å². The SMILES string of the molecule is CC(N)C1(c2c(Br)cc3c(c2F)OCO3)CC1. The Hall–Kier alpha value is -0.810. The first-order valence-corrected chi connectivity index (χ1v) is 6.39. The van der Waals surface area contributed by atoms with Crippen molar-refractivity contribution in [3.63, 3.8) is 0 Å². The van der Waals surface area contributed by atoms with Crippen LogP contribution in [0.2, 0.25) is 0 Å². The molecule has 1 aliphatic heterocycles. The van der Waals surface area contributed by atoms with Crippen LogP contribution in [0.5, 0.6) is 11.5 Å². The first-order chi connectivity index (χ1) is 8.06. The maximum atomic E-state index is 14.4. The lowest BCUT2D eigenvalue weighted by Crippen LogP contribution is -2.32. The summed E-state index contributed by atoms with van der Waals surface area (Å²) in [6.07, 6.45) is 1.83. The Labute approximate surface area is 107 Å². The summed E-state index contributed by atoms with van der Waals surface area (Å²) >= 11 is 3.41. The second-order valence-electron chi connectivity index (χ2n) is 4.73. The van der Waals surface area contributed by atoms with Crippen LogP contribution < -0.4 is 15.2 Å². The molecule has 92 valence electrons. The molecule has 1 aromatic carbocycles. The van der Waals surface area contributed by atoms with E-state index in [1.165, 1.54) is 0 Å². The number of hydrogen-bond donors (Lipinski definition) is 1. The Kier molecular flexibility index (Phi) is 2.38. The van der Waals surface area contributed by atoms with Gasteiger partial charge in [-0.15, -0.1) is 0 Å². The fraction of sp³-hybridized carbons (Fsp3) is 0.500. The molecule has 1 saturated carbocycles. The Morgan fingerprint density at radius 1 is 1.47 bits per heavy atom. The summed E-state index contributed by atoms with van der Waals surface area (Å²) in [5.74, 6) is 0.343. The van der Waals surface area contributed by atoms with Crippen molar-refractivity contribution in [2.45, 2.75) is 31.2 Å². The van der Waals surface area contributed by atoms with Crippen LogP contribution in [-0.2, 0) is 5.41 Å². The third-order valence-electron chi connectivity index (χ3n) is 3.72. The molecule has 5 heteroatoms. The van der Waals surface area contributed by atoms with Crippen molar-refractivity contribution in [1.29, 1.82) is 0 Å². The predicted octanol–water partition coefficient (Wildman–Crippen LogP) is 2.70. The van der Waals surface area contributed by atoms with Crippen LogP contribution in [-0.4, -0.2) is 12.8 Å². The zero-order chi connectivity index (χ0) is 12.2. The van der Waals surface area contributed by atoms with Crippen LogP contribution in [0.15, 0.2) is 10.5 Å². The molecule has 0 saturated heterocycles. The molecule has 17 heavy (non-hydrogen) atoms. The molecule has 1 aromatic rings. The molecule has 1 heterocycles. The molecule has 1 aliphatic carbocycles. The fourth-order valence-electron chi connectivity index (χ4n) is 2.50. The third kappa shape index (κ3) is 1.48. The molecule has 1 fully saturated rings. The molecular formula is C12H13BrFNO2. The highest BCUT2D eigenvalue weighted by molar-refractivity contribution is 9.10. The van der Waals surface area contributed by atoms with Crippen molar-refractivity contribution in [2.75, 3.05) is 6.79 Å². The van der Waals surface area contributed by atoms with Crippen LogP contribution in [0.1, 0.15) is 25.3 Å². The van der Waals surface area contributed by atoms with Gasteiger partial charge in [-0.3, -0.25) is 0 Å². The van der Waals surface area contributed by atoms with E-state index < -0.39 is 0 Å². The van der Waals surface area contributed by atoms with Crippen LogP contribution in [0.4, 0.5) is 4.39 Å². The van der Waals surface area contributed by atoms with Gasteiger partial charge in [0, 0.05) is 21.5 Å². The van der Waals surface area contributed by atoms with Crippen LogP contribution in [0, 0.1) is 5.82 Å². The minimum atomic E-state index is -0.332. The van der Waals surface area contributed by atoms with E-state index in [2.05, 4.69) is 15.9 Å². The standard InChI is InChI=1S/C12H13BrFNO2/c1-6(15)12(2-3-12)9-7(13)4-8-11(10(9)14)17-5-16-8/h4,6H,2-3,5,15H2,1H3. The lowest BCUT2D eigenvalue weighted by Gasteiger charge is -2.22. The maximum absolute atomic E-state index is 14.4. The van der Waals surface area contributed by atoms with Gasteiger partial charge in [0.25, 0.3) is 0 Å². The number of fused-ring (bicyclic) bond motifs is 1. The lowest BCUT2D eigenvalue weighted by molar-refractivity contribution is 0.170. The monoisotopic (exact) mass is 301 g/mol. The quantitative estimate of drug-likeness (QED) is 0.913. The molecule has 2 N–H and O–H groups in total. The van der Waals surface area contributed by atoms with Gasteiger partial charge in [-0.2, -0.15) is 0 Å².